The van der Waals surface area contributed by atoms with Crippen molar-refractivity contribution in [2.75, 3.05) is 6.61 Å². The van der Waals surface area contributed by atoms with E-state index in [0.29, 0.717) is 6.61 Å². The minimum atomic E-state index is -0.469. The van der Waals surface area contributed by atoms with Gasteiger partial charge >= 0.3 is 0 Å². The molecule has 0 aromatic rings. The standard InChI is InChI=1S/C8H15NO3/c1-8(2)11-5-3-7(9)10-4-6(5)12-8/h5-7H,3-4,9H2,1-2H3/t5-,6+,7-/m0/s1. The van der Waals surface area contributed by atoms with Crippen LogP contribution in [0.15, 0.2) is 0 Å². The van der Waals surface area contributed by atoms with E-state index < -0.39 is 5.79 Å². The molecule has 2 saturated heterocycles. The van der Waals surface area contributed by atoms with Crippen LogP contribution in [0.2, 0.25) is 0 Å². The van der Waals surface area contributed by atoms with E-state index in [2.05, 4.69) is 0 Å². The van der Waals surface area contributed by atoms with Gasteiger partial charge in [-0.15, -0.1) is 0 Å². The molecular weight excluding hydrogens is 158 g/mol. The molecule has 0 spiro atoms. The molecule has 0 bridgehead atoms. The van der Waals surface area contributed by atoms with Crippen LogP contribution >= 0.6 is 0 Å². The second-order valence-electron chi connectivity index (χ2n) is 3.82. The molecule has 0 aromatic carbocycles. The lowest BCUT2D eigenvalue weighted by Crippen LogP contribution is -2.43. The smallest absolute Gasteiger partial charge is 0.163 e. The van der Waals surface area contributed by atoms with Gasteiger partial charge in [-0.1, -0.05) is 0 Å². The number of hydrogen-bond donors (Lipinski definition) is 1. The Morgan fingerprint density at radius 3 is 2.67 bits per heavy atom. The molecule has 2 rings (SSSR count). The first-order valence-corrected chi connectivity index (χ1v) is 4.30. The Hall–Kier alpha value is -0.160. The second-order valence-corrected chi connectivity index (χ2v) is 3.82. The van der Waals surface area contributed by atoms with Crippen LogP contribution in [0.5, 0.6) is 0 Å². The van der Waals surface area contributed by atoms with Gasteiger partial charge in [-0.05, 0) is 13.8 Å². The van der Waals surface area contributed by atoms with Crippen LogP contribution in [-0.4, -0.2) is 30.8 Å². The van der Waals surface area contributed by atoms with E-state index in [9.17, 15) is 0 Å². The quantitative estimate of drug-likeness (QED) is 0.569. The van der Waals surface area contributed by atoms with E-state index in [1.165, 1.54) is 0 Å². The van der Waals surface area contributed by atoms with Crippen molar-refractivity contribution in [2.24, 2.45) is 5.73 Å². The van der Waals surface area contributed by atoms with Crippen molar-refractivity contribution in [2.45, 2.75) is 44.5 Å². The molecule has 2 N–H and O–H groups in total. The van der Waals surface area contributed by atoms with Crippen LogP contribution in [0.25, 0.3) is 0 Å². The summed E-state index contributed by atoms with van der Waals surface area (Å²) in [5, 5.41) is 0. The first-order valence-electron chi connectivity index (χ1n) is 4.30. The Morgan fingerprint density at radius 2 is 1.92 bits per heavy atom. The largest absolute Gasteiger partial charge is 0.361 e. The number of fused-ring (bicyclic) bond motifs is 1. The van der Waals surface area contributed by atoms with Crippen molar-refractivity contribution < 1.29 is 14.2 Å². The van der Waals surface area contributed by atoms with Crippen molar-refractivity contribution in [3.05, 3.63) is 0 Å². The van der Waals surface area contributed by atoms with Crippen molar-refractivity contribution in [3.63, 3.8) is 0 Å². The molecule has 70 valence electrons. The van der Waals surface area contributed by atoms with E-state index >= 15 is 0 Å². The van der Waals surface area contributed by atoms with Gasteiger partial charge in [0.25, 0.3) is 0 Å². The SMILES string of the molecule is CC1(C)O[C@H]2C[C@@H](N)OC[C@H]2O1. The number of hydrogen-bond acceptors (Lipinski definition) is 4. The van der Waals surface area contributed by atoms with Gasteiger partial charge in [0.15, 0.2) is 5.79 Å². The highest BCUT2D eigenvalue weighted by Crippen LogP contribution is 2.32. The molecule has 4 nitrogen and oxygen atoms in total. The van der Waals surface area contributed by atoms with Crippen molar-refractivity contribution >= 4 is 0 Å². The summed E-state index contributed by atoms with van der Waals surface area (Å²) in [6.45, 7) is 4.38. The summed E-state index contributed by atoms with van der Waals surface area (Å²) in [6.07, 6.45) is 0.723. The van der Waals surface area contributed by atoms with Gasteiger partial charge in [0.2, 0.25) is 0 Å². The van der Waals surface area contributed by atoms with Gasteiger partial charge in [-0.2, -0.15) is 0 Å². The van der Waals surface area contributed by atoms with Gasteiger partial charge in [0.05, 0.1) is 12.7 Å². The fourth-order valence-corrected chi connectivity index (χ4v) is 1.77. The normalized spacial score (nSPS) is 45.8. The molecule has 0 aromatic heterocycles. The van der Waals surface area contributed by atoms with E-state index in [1.807, 2.05) is 13.8 Å². The van der Waals surface area contributed by atoms with Crippen molar-refractivity contribution in [1.29, 1.82) is 0 Å². The minimum absolute atomic E-state index is 0.0693. The molecule has 3 atom stereocenters. The third-order valence-corrected chi connectivity index (χ3v) is 2.22. The maximum Gasteiger partial charge on any atom is 0.163 e. The highest BCUT2D eigenvalue weighted by Gasteiger charge is 2.44. The van der Waals surface area contributed by atoms with E-state index in [0.717, 1.165) is 6.42 Å². The van der Waals surface area contributed by atoms with Crippen LogP contribution < -0.4 is 5.73 Å². The summed E-state index contributed by atoms with van der Waals surface area (Å²) in [7, 11) is 0. The van der Waals surface area contributed by atoms with Gasteiger partial charge in [0, 0.05) is 6.42 Å². The predicted molar refractivity (Wildman–Crippen MR) is 42.4 cm³/mol. The lowest BCUT2D eigenvalue weighted by Gasteiger charge is -2.26. The highest BCUT2D eigenvalue weighted by molar-refractivity contribution is 4.85. The first-order chi connectivity index (χ1) is 5.57. The lowest BCUT2D eigenvalue weighted by molar-refractivity contribution is -0.146. The van der Waals surface area contributed by atoms with Crippen LogP contribution in [0.4, 0.5) is 0 Å². The summed E-state index contributed by atoms with van der Waals surface area (Å²) in [6, 6.07) is 0. The Morgan fingerprint density at radius 1 is 1.25 bits per heavy atom. The molecule has 4 heteroatoms. The van der Waals surface area contributed by atoms with Gasteiger partial charge in [-0.25, -0.2) is 0 Å². The summed E-state index contributed by atoms with van der Waals surface area (Å²) in [5.74, 6) is -0.469. The molecule has 2 aliphatic heterocycles. The number of nitrogens with two attached hydrogens (primary N) is 1. The fraction of sp³-hybridized carbons (Fsp3) is 1.00. The fourth-order valence-electron chi connectivity index (χ4n) is 1.77. The Bertz CT molecular complexity index is 183. The molecule has 0 aliphatic carbocycles. The van der Waals surface area contributed by atoms with Crippen LogP contribution in [-0.2, 0) is 14.2 Å². The molecular formula is C8H15NO3. The average molecular weight is 173 g/mol. The lowest BCUT2D eigenvalue weighted by atomic mass is 10.1. The monoisotopic (exact) mass is 173 g/mol. The van der Waals surface area contributed by atoms with Gasteiger partial charge in [-0.3, -0.25) is 0 Å². The molecule has 0 unspecified atom stereocenters. The maximum absolute atomic E-state index is 5.64. The summed E-state index contributed by atoms with van der Waals surface area (Å²) in [5.41, 5.74) is 5.62. The molecule has 2 aliphatic rings. The first kappa shape index (κ1) is 8.44. The number of ether oxygens (including phenoxy) is 3. The van der Waals surface area contributed by atoms with Gasteiger partial charge in [0.1, 0.15) is 12.3 Å². The van der Waals surface area contributed by atoms with Crippen LogP contribution in [0, 0.1) is 0 Å². The summed E-state index contributed by atoms with van der Waals surface area (Å²) >= 11 is 0. The molecule has 2 heterocycles. The third kappa shape index (κ3) is 1.47. The number of rotatable bonds is 0. The molecule has 0 amide bonds. The summed E-state index contributed by atoms with van der Waals surface area (Å²) in [4.78, 5) is 0. The zero-order valence-electron chi connectivity index (χ0n) is 7.45. The Labute approximate surface area is 72.0 Å². The Kier molecular flexibility index (Phi) is 1.88. The molecule has 2 fully saturated rings. The second kappa shape index (κ2) is 2.67. The highest BCUT2D eigenvalue weighted by atomic mass is 16.8. The predicted octanol–water partition coefficient (Wildman–Crippen LogP) is 0.212. The Balaban J connectivity index is 2.02. The van der Waals surface area contributed by atoms with Crippen LogP contribution in [0.3, 0.4) is 0 Å². The third-order valence-electron chi connectivity index (χ3n) is 2.22. The zero-order valence-corrected chi connectivity index (χ0v) is 7.45. The van der Waals surface area contributed by atoms with Crippen molar-refractivity contribution in [3.8, 4) is 0 Å². The average Bonchev–Trinajstić information content (AvgIpc) is 2.21. The van der Waals surface area contributed by atoms with Crippen molar-refractivity contribution in [1.82, 2.24) is 0 Å². The molecule has 12 heavy (non-hydrogen) atoms. The van der Waals surface area contributed by atoms with E-state index in [4.69, 9.17) is 19.9 Å². The topological polar surface area (TPSA) is 53.7 Å². The van der Waals surface area contributed by atoms with Gasteiger partial charge < -0.3 is 19.9 Å². The zero-order chi connectivity index (χ0) is 8.77. The van der Waals surface area contributed by atoms with E-state index in [-0.39, 0.29) is 18.4 Å². The minimum Gasteiger partial charge on any atom is -0.361 e. The maximum atomic E-state index is 5.64. The van der Waals surface area contributed by atoms with Crippen LogP contribution in [0.1, 0.15) is 20.3 Å². The summed E-state index contributed by atoms with van der Waals surface area (Å²) < 4.78 is 16.5. The van der Waals surface area contributed by atoms with E-state index in [1.54, 1.807) is 0 Å². The molecule has 0 radical (unpaired) electrons. The molecule has 0 saturated carbocycles.